The van der Waals surface area contributed by atoms with Crippen LogP contribution in [0.1, 0.15) is 46.1 Å². The van der Waals surface area contributed by atoms with Crippen molar-refractivity contribution in [3.8, 4) is 5.75 Å². The molecule has 3 aliphatic rings. The van der Waals surface area contributed by atoms with Crippen molar-refractivity contribution < 1.29 is 46.2 Å². The Hall–Kier alpha value is -2.28. The van der Waals surface area contributed by atoms with E-state index in [9.17, 15) is 18.0 Å². The van der Waals surface area contributed by atoms with Crippen molar-refractivity contribution in [3.05, 3.63) is 41.4 Å². The van der Waals surface area contributed by atoms with Crippen LogP contribution in [-0.4, -0.2) is 80.6 Å². The Balaban J connectivity index is 1.29. The molecular weight excluding hydrogens is 506 g/mol. The van der Waals surface area contributed by atoms with Gasteiger partial charge in [-0.2, -0.15) is 13.2 Å². The van der Waals surface area contributed by atoms with Gasteiger partial charge in [-0.15, -0.1) is 0 Å². The van der Waals surface area contributed by atoms with Crippen LogP contribution in [0, 0.1) is 0 Å². The van der Waals surface area contributed by atoms with E-state index in [2.05, 4.69) is 0 Å². The number of carbonyl (C=O) groups is 1. The van der Waals surface area contributed by atoms with Crippen LogP contribution in [0.4, 0.5) is 18.0 Å². The summed E-state index contributed by atoms with van der Waals surface area (Å²) < 4.78 is 74.1. The number of ether oxygens (including phenoxy) is 4. The van der Waals surface area contributed by atoms with E-state index in [1.54, 1.807) is 24.3 Å². The first-order valence-electron chi connectivity index (χ1n) is 12.7. The molecule has 38 heavy (non-hydrogen) atoms. The maximum atomic E-state index is 13.6. The molecule has 3 aliphatic heterocycles. The van der Waals surface area contributed by atoms with Crippen molar-refractivity contribution in [3.63, 3.8) is 0 Å². The van der Waals surface area contributed by atoms with Crippen LogP contribution >= 0.6 is 0 Å². The van der Waals surface area contributed by atoms with E-state index in [4.69, 9.17) is 28.3 Å². The Labute approximate surface area is 221 Å². The zero-order chi connectivity index (χ0) is 27.8. The predicted molar refractivity (Wildman–Crippen MR) is 133 cm³/mol. The summed E-state index contributed by atoms with van der Waals surface area (Å²) in [4.78, 5) is 13.9. The lowest BCUT2D eigenvalue weighted by Crippen LogP contribution is -2.48. The lowest BCUT2D eigenvalue weighted by atomic mass is 9.76. The number of alkyl halides is 3. The van der Waals surface area contributed by atoms with E-state index < -0.39 is 48.9 Å². The molecule has 0 N–H and O–H groups in total. The number of rotatable bonds is 7. The minimum Gasteiger partial charge on any atom is -0.497 e. The van der Waals surface area contributed by atoms with Gasteiger partial charge in [-0.1, -0.05) is 18.2 Å². The van der Waals surface area contributed by atoms with Gasteiger partial charge in [0.1, 0.15) is 5.75 Å². The Bertz CT molecular complexity index is 1000. The Morgan fingerprint density at radius 3 is 2.24 bits per heavy atom. The zero-order valence-electron chi connectivity index (χ0n) is 22.4. The highest BCUT2D eigenvalue weighted by molar-refractivity contribution is 6.54. The van der Waals surface area contributed by atoms with Gasteiger partial charge in [0.2, 0.25) is 6.10 Å². The summed E-state index contributed by atoms with van der Waals surface area (Å²) in [6.07, 6.45) is -5.32. The number of piperidine rings is 1. The van der Waals surface area contributed by atoms with Crippen molar-refractivity contribution in [2.24, 2.45) is 0 Å². The van der Waals surface area contributed by atoms with Crippen LogP contribution in [0.25, 0.3) is 0 Å². The number of methoxy groups -OCH3 is 1. The molecule has 8 nitrogen and oxygen atoms in total. The Kier molecular flexibility index (Phi) is 8.10. The molecule has 1 aromatic carbocycles. The van der Waals surface area contributed by atoms with Gasteiger partial charge in [-0.25, -0.2) is 4.79 Å². The van der Waals surface area contributed by atoms with E-state index in [0.29, 0.717) is 30.8 Å². The number of hydrogen-bond acceptors (Lipinski definition) is 7. The van der Waals surface area contributed by atoms with Gasteiger partial charge < -0.3 is 33.2 Å². The molecule has 4 rings (SSSR count). The molecule has 0 radical (unpaired) electrons. The van der Waals surface area contributed by atoms with Gasteiger partial charge in [-0.05, 0) is 63.7 Å². The van der Waals surface area contributed by atoms with E-state index in [0.717, 1.165) is 5.47 Å². The smallest absolute Gasteiger partial charge is 0.492 e. The summed E-state index contributed by atoms with van der Waals surface area (Å²) >= 11 is 0. The predicted octanol–water partition coefficient (Wildman–Crippen LogP) is 4.70. The normalized spacial score (nSPS) is 22.9. The molecular formula is C26H35BF3NO7. The molecule has 1 atom stereocenters. The highest BCUT2D eigenvalue weighted by atomic mass is 19.4. The van der Waals surface area contributed by atoms with Crippen molar-refractivity contribution in [1.82, 2.24) is 4.90 Å². The molecule has 0 aromatic heterocycles. The lowest BCUT2D eigenvalue weighted by Gasteiger charge is -2.37. The maximum Gasteiger partial charge on any atom is 0.492 e. The molecule has 210 valence electrons. The van der Waals surface area contributed by atoms with Crippen LogP contribution in [0.5, 0.6) is 5.75 Å². The molecule has 1 aromatic rings. The van der Waals surface area contributed by atoms with Crippen LogP contribution in [0.2, 0.25) is 0 Å². The first-order valence-corrected chi connectivity index (χ1v) is 12.7. The van der Waals surface area contributed by atoms with Crippen LogP contribution in [0.15, 0.2) is 35.8 Å². The molecule has 0 saturated carbocycles. The van der Waals surface area contributed by atoms with Gasteiger partial charge in [0.25, 0.3) is 0 Å². The van der Waals surface area contributed by atoms with Gasteiger partial charge in [0.05, 0.1) is 43.7 Å². The standard InChI is InChI=1S/C26H35BF3NO7/c1-23(2)24(3,4)38-27(37-23)19-14-25(35-16-19)10-12-31(13-11-25)22(32)36-21(26(28,29)30)17-34-15-18-6-8-20(33-5)9-7-18/h6-9,14,21H,10-13,15-17H2,1-5H3/t21-/m1/s1. The molecule has 1 spiro atoms. The number of halogens is 3. The van der Waals surface area contributed by atoms with Gasteiger partial charge in [-0.3, -0.25) is 0 Å². The number of carbonyl (C=O) groups excluding carboxylic acids is 1. The second kappa shape index (κ2) is 10.7. The van der Waals surface area contributed by atoms with E-state index in [1.165, 1.54) is 12.0 Å². The van der Waals surface area contributed by atoms with Gasteiger partial charge >= 0.3 is 19.4 Å². The lowest BCUT2D eigenvalue weighted by molar-refractivity contribution is -0.220. The average molecular weight is 541 g/mol. The molecule has 0 aliphatic carbocycles. The number of amides is 1. The monoisotopic (exact) mass is 541 g/mol. The second-order valence-corrected chi connectivity index (χ2v) is 10.9. The second-order valence-electron chi connectivity index (χ2n) is 10.9. The largest absolute Gasteiger partial charge is 0.497 e. The fourth-order valence-electron chi connectivity index (χ4n) is 4.53. The Morgan fingerprint density at radius 2 is 1.68 bits per heavy atom. The van der Waals surface area contributed by atoms with E-state index in [1.807, 2.05) is 33.8 Å². The molecule has 0 unspecified atom stereocenters. The SMILES string of the molecule is COc1ccc(COC[C@@H](OC(=O)N2CCC3(C=C(B4OC(C)(C)C(C)(C)O4)CO3)CC2)C(F)(F)F)cc1. The molecule has 2 saturated heterocycles. The topological polar surface area (TPSA) is 75.7 Å². The third kappa shape index (κ3) is 6.30. The highest BCUT2D eigenvalue weighted by Gasteiger charge is 2.54. The summed E-state index contributed by atoms with van der Waals surface area (Å²) in [5.74, 6) is 0.627. The summed E-state index contributed by atoms with van der Waals surface area (Å²) in [6, 6.07) is 6.75. The van der Waals surface area contributed by atoms with Crippen molar-refractivity contribution in [2.45, 2.75) is 76.2 Å². The Morgan fingerprint density at radius 1 is 1.08 bits per heavy atom. The third-order valence-electron chi connectivity index (χ3n) is 7.70. The van der Waals surface area contributed by atoms with Crippen molar-refractivity contribution >= 4 is 13.2 Å². The molecule has 0 bridgehead atoms. The fourth-order valence-corrected chi connectivity index (χ4v) is 4.53. The first kappa shape index (κ1) is 28.7. The number of benzene rings is 1. The van der Waals surface area contributed by atoms with Gasteiger partial charge in [0, 0.05) is 13.1 Å². The maximum absolute atomic E-state index is 13.6. The van der Waals surface area contributed by atoms with Crippen molar-refractivity contribution in [2.75, 3.05) is 33.4 Å². The van der Waals surface area contributed by atoms with Crippen LogP contribution in [-0.2, 0) is 30.1 Å². The third-order valence-corrected chi connectivity index (χ3v) is 7.70. The summed E-state index contributed by atoms with van der Waals surface area (Å²) in [5.41, 5.74) is -0.0147. The molecule has 1 amide bonds. The average Bonchev–Trinajstić information content (AvgIpc) is 3.35. The summed E-state index contributed by atoms with van der Waals surface area (Å²) in [5, 5.41) is 0. The fraction of sp³-hybridized carbons (Fsp3) is 0.654. The number of nitrogens with zero attached hydrogens (tertiary/aromatic N) is 1. The van der Waals surface area contributed by atoms with Gasteiger partial charge in [0.15, 0.2) is 0 Å². The molecule has 2 fully saturated rings. The number of likely N-dealkylation sites (tertiary alicyclic amines) is 1. The highest BCUT2D eigenvalue weighted by Crippen LogP contribution is 2.42. The van der Waals surface area contributed by atoms with Crippen molar-refractivity contribution in [1.29, 1.82) is 0 Å². The summed E-state index contributed by atoms with van der Waals surface area (Å²) in [6.45, 7) is 7.76. The summed E-state index contributed by atoms with van der Waals surface area (Å²) in [7, 11) is 1.000. The minimum atomic E-state index is -4.76. The number of hydrogen-bond donors (Lipinski definition) is 0. The van der Waals surface area contributed by atoms with E-state index in [-0.39, 0.29) is 19.7 Å². The van der Waals surface area contributed by atoms with Crippen LogP contribution in [0.3, 0.4) is 0 Å². The van der Waals surface area contributed by atoms with Crippen LogP contribution < -0.4 is 4.74 Å². The van der Waals surface area contributed by atoms with E-state index >= 15 is 0 Å². The first-order chi connectivity index (χ1) is 17.7. The molecule has 3 heterocycles. The zero-order valence-corrected chi connectivity index (χ0v) is 22.4. The minimum absolute atomic E-state index is 0.0604. The quantitative estimate of drug-likeness (QED) is 0.464. The molecule has 12 heteroatoms.